The Kier molecular flexibility index (Phi) is 6.83. The van der Waals surface area contributed by atoms with Gasteiger partial charge in [-0.3, -0.25) is 9.59 Å². The molecule has 33 heavy (non-hydrogen) atoms. The molecular formula is C25H25FN4O3. The lowest BCUT2D eigenvalue weighted by atomic mass is 9.95. The molecule has 0 saturated carbocycles. The number of amides is 2. The second-order valence-corrected chi connectivity index (χ2v) is 7.79. The summed E-state index contributed by atoms with van der Waals surface area (Å²) in [5.74, 6) is 0.153. The summed E-state index contributed by atoms with van der Waals surface area (Å²) in [6.45, 7) is 1.22. The maximum Gasteiger partial charge on any atom is 0.255 e. The number of carbonyl (C=O) groups is 2. The Hall–Kier alpha value is -3.94. The van der Waals surface area contributed by atoms with Crippen LogP contribution in [0.15, 0.2) is 66.9 Å². The molecule has 1 aromatic heterocycles. The predicted octanol–water partition coefficient (Wildman–Crippen LogP) is 4.34. The summed E-state index contributed by atoms with van der Waals surface area (Å²) in [6.07, 6.45) is 2.82. The number of hydrogen-bond acceptors (Lipinski definition) is 5. The van der Waals surface area contributed by atoms with Crippen LogP contribution in [0.5, 0.6) is 5.75 Å². The molecule has 0 bridgehead atoms. The number of halogens is 1. The van der Waals surface area contributed by atoms with E-state index in [9.17, 15) is 14.0 Å². The lowest BCUT2D eigenvalue weighted by molar-refractivity contribution is -0.120. The zero-order chi connectivity index (χ0) is 23.2. The number of nitrogens with one attached hydrogen (secondary N) is 2. The van der Waals surface area contributed by atoms with Gasteiger partial charge in [-0.2, -0.15) is 0 Å². The molecule has 3 aromatic rings. The summed E-state index contributed by atoms with van der Waals surface area (Å²) in [5.41, 5.74) is 1.26. The van der Waals surface area contributed by atoms with E-state index in [1.165, 1.54) is 6.07 Å². The molecule has 1 saturated heterocycles. The number of pyridine rings is 1. The Bertz CT molecular complexity index is 1150. The van der Waals surface area contributed by atoms with Gasteiger partial charge in [0.1, 0.15) is 17.4 Å². The van der Waals surface area contributed by atoms with Gasteiger partial charge in [0, 0.05) is 30.8 Å². The molecular weight excluding hydrogens is 423 g/mol. The van der Waals surface area contributed by atoms with Crippen LogP contribution in [0.2, 0.25) is 0 Å². The zero-order valence-corrected chi connectivity index (χ0v) is 18.3. The highest BCUT2D eigenvalue weighted by molar-refractivity contribution is 6.05. The van der Waals surface area contributed by atoms with E-state index in [1.54, 1.807) is 55.8 Å². The number of piperidine rings is 1. The van der Waals surface area contributed by atoms with Crippen molar-refractivity contribution in [1.29, 1.82) is 0 Å². The van der Waals surface area contributed by atoms with E-state index < -0.39 is 5.82 Å². The molecule has 0 unspecified atom stereocenters. The number of anilines is 3. The standard InChI is InChI=1S/C25H25FN4O3/c1-33-22-9-5-4-8-21(22)29-25(32)18-10-13-27-23(16-18)30-14-11-17(12-15-30)24(31)28-20-7-3-2-6-19(20)26/h2-10,13,16-17H,11-12,14-15H2,1H3,(H,28,31)(H,29,32). The molecule has 2 amide bonds. The lowest BCUT2D eigenvalue weighted by Gasteiger charge is -2.32. The lowest BCUT2D eigenvalue weighted by Crippen LogP contribution is -2.38. The van der Waals surface area contributed by atoms with Crippen molar-refractivity contribution in [3.05, 3.63) is 78.2 Å². The summed E-state index contributed by atoms with van der Waals surface area (Å²) >= 11 is 0. The molecule has 1 aliphatic heterocycles. The number of para-hydroxylation sites is 3. The summed E-state index contributed by atoms with van der Waals surface area (Å²) in [7, 11) is 1.55. The Morgan fingerprint density at radius 3 is 2.42 bits per heavy atom. The first-order valence-electron chi connectivity index (χ1n) is 10.8. The zero-order valence-electron chi connectivity index (χ0n) is 18.3. The van der Waals surface area contributed by atoms with Crippen LogP contribution >= 0.6 is 0 Å². The topological polar surface area (TPSA) is 83.6 Å². The van der Waals surface area contributed by atoms with Crippen molar-refractivity contribution in [1.82, 2.24) is 4.98 Å². The monoisotopic (exact) mass is 448 g/mol. The molecule has 0 atom stereocenters. The number of carbonyl (C=O) groups excluding carboxylic acids is 2. The van der Waals surface area contributed by atoms with Crippen LogP contribution in [0.4, 0.5) is 21.6 Å². The average Bonchev–Trinajstić information content (AvgIpc) is 2.86. The second kappa shape index (κ2) is 10.1. The third-order valence-corrected chi connectivity index (χ3v) is 5.68. The summed E-state index contributed by atoms with van der Waals surface area (Å²) in [5, 5.41) is 5.54. The van der Waals surface area contributed by atoms with Gasteiger partial charge in [0.2, 0.25) is 5.91 Å². The number of nitrogens with zero attached hydrogens (tertiary/aromatic N) is 2. The summed E-state index contributed by atoms with van der Waals surface area (Å²) in [4.78, 5) is 31.8. The average molecular weight is 448 g/mol. The summed E-state index contributed by atoms with van der Waals surface area (Å²) in [6, 6.07) is 16.7. The Balaban J connectivity index is 1.37. The van der Waals surface area contributed by atoms with Gasteiger partial charge in [0.05, 0.1) is 18.5 Å². The largest absolute Gasteiger partial charge is 0.495 e. The Morgan fingerprint density at radius 2 is 1.70 bits per heavy atom. The quantitative estimate of drug-likeness (QED) is 0.586. The van der Waals surface area contributed by atoms with Crippen molar-refractivity contribution in [2.45, 2.75) is 12.8 Å². The fourth-order valence-electron chi connectivity index (χ4n) is 3.84. The van der Waals surface area contributed by atoms with E-state index in [2.05, 4.69) is 15.6 Å². The van der Waals surface area contributed by atoms with E-state index in [0.717, 1.165) is 0 Å². The van der Waals surface area contributed by atoms with E-state index in [4.69, 9.17) is 4.74 Å². The third kappa shape index (κ3) is 5.28. The van der Waals surface area contributed by atoms with Crippen LogP contribution in [-0.2, 0) is 4.79 Å². The minimum atomic E-state index is -0.448. The molecule has 4 rings (SSSR count). The van der Waals surface area contributed by atoms with Gasteiger partial charge >= 0.3 is 0 Å². The molecule has 1 aliphatic rings. The molecule has 0 aliphatic carbocycles. The highest BCUT2D eigenvalue weighted by Gasteiger charge is 2.26. The van der Waals surface area contributed by atoms with Gasteiger partial charge in [-0.25, -0.2) is 9.37 Å². The molecule has 2 N–H and O–H groups in total. The van der Waals surface area contributed by atoms with Crippen molar-refractivity contribution in [2.75, 3.05) is 35.7 Å². The minimum absolute atomic E-state index is 0.183. The Labute approximate surface area is 191 Å². The van der Waals surface area contributed by atoms with Gasteiger partial charge in [-0.05, 0) is 49.2 Å². The van der Waals surface area contributed by atoms with E-state index >= 15 is 0 Å². The molecule has 1 fully saturated rings. The van der Waals surface area contributed by atoms with Gasteiger partial charge in [-0.15, -0.1) is 0 Å². The molecule has 0 spiro atoms. The highest BCUT2D eigenvalue weighted by Crippen LogP contribution is 2.26. The first-order valence-corrected chi connectivity index (χ1v) is 10.8. The van der Waals surface area contributed by atoms with Crippen LogP contribution in [0.1, 0.15) is 23.2 Å². The molecule has 7 nitrogen and oxygen atoms in total. The fourth-order valence-corrected chi connectivity index (χ4v) is 3.84. The molecule has 2 aromatic carbocycles. The first kappa shape index (κ1) is 22.3. The highest BCUT2D eigenvalue weighted by atomic mass is 19.1. The van der Waals surface area contributed by atoms with Crippen molar-refractivity contribution in [3.8, 4) is 5.75 Å². The van der Waals surface area contributed by atoms with Crippen molar-refractivity contribution in [3.63, 3.8) is 0 Å². The maximum absolute atomic E-state index is 13.8. The van der Waals surface area contributed by atoms with Crippen molar-refractivity contribution < 1.29 is 18.7 Å². The third-order valence-electron chi connectivity index (χ3n) is 5.68. The molecule has 170 valence electrons. The number of rotatable bonds is 6. The van der Waals surface area contributed by atoms with Crippen LogP contribution in [-0.4, -0.2) is 37.0 Å². The van der Waals surface area contributed by atoms with E-state index in [0.29, 0.717) is 48.7 Å². The number of hydrogen-bond donors (Lipinski definition) is 2. The second-order valence-electron chi connectivity index (χ2n) is 7.79. The van der Waals surface area contributed by atoms with Crippen molar-refractivity contribution in [2.24, 2.45) is 5.92 Å². The predicted molar refractivity (Wildman–Crippen MR) is 125 cm³/mol. The fraction of sp³-hybridized carbons (Fsp3) is 0.240. The smallest absolute Gasteiger partial charge is 0.255 e. The summed E-state index contributed by atoms with van der Waals surface area (Å²) < 4.78 is 19.1. The molecule has 8 heteroatoms. The molecule has 2 heterocycles. The minimum Gasteiger partial charge on any atom is -0.495 e. The van der Waals surface area contributed by atoms with E-state index in [-0.39, 0.29) is 23.4 Å². The maximum atomic E-state index is 13.8. The normalized spacial score (nSPS) is 13.9. The number of aromatic nitrogens is 1. The number of benzene rings is 2. The van der Waals surface area contributed by atoms with Crippen LogP contribution < -0.4 is 20.3 Å². The van der Waals surface area contributed by atoms with Crippen LogP contribution in [0, 0.1) is 11.7 Å². The first-order chi connectivity index (χ1) is 16.0. The Morgan fingerprint density at radius 1 is 1.00 bits per heavy atom. The number of ether oxygens (including phenoxy) is 1. The van der Waals surface area contributed by atoms with Crippen molar-refractivity contribution >= 4 is 29.0 Å². The van der Waals surface area contributed by atoms with Gasteiger partial charge < -0.3 is 20.3 Å². The van der Waals surface area contributed by atoms with Gasteiger partial charge in [0.25, 0.3) is 5.91 Å². The molecule has 0 radical (unpaired) electrons. The van der Waals surface area contributed by atoms with Crippen LogP contribution in [0.25, 0.3) is 0 Å². The van der Waals surface area contributed by atoms with Gasteiger partial charge in [-0.1, -0.05) is 24.3 Å². The van der Waals surface area contributed by atoms with E-state index in [1.807, 2.05) is 17.0 Å². The number of methoxy groups -OCH3 is 1. The SMILES string of the molecule is COc1ccccc1NC(=O)c1ccnc(N2CCC(C(=O)Nc3ccccc3F)CC2)c1. The van der Waals surface area contributed by atoms with Crippen LogP contribution in [0.3, 0.4) is 0 Å². The van der Waals surface area contributed by atoms with Gasteiger partial charge in [0.15, 0.2) is 0 Å².